The molecule has 0 bridgehead atoms. The number of H-pyrrole nitrogens is 1. The van der Waals surface area contributed by atoms with Crippen LogP contribution in [0.25, 0.3) is 10.9 Å². The Labute approximate surface area is 185 Å². The average molecular weight is 438 g/mol. The Bertz CT molecular complexity index is 1240. The molecule has 10 nitrogen and oxygen atoms in total. The summed E-state index contributed by atoms with van der Waals surface area (Å²) in [6.45, 7) is 7.80. The number of hydrogen-bond donors (Lipinski definition) is 2. The summed E-state index contributed by atoms with van der Waals surface area (Å²) in [7, 11) is 1.60. The number of nitrogens with one attached hydrogen (secondary N) is 2. The van der Waals surface area contributed by atoms with Crippen molar-refractivity contribution in [3.63, 3.8) is 0 Å². The zero-order valence-electron chi connectivity index (χ0n) is 18.7. The molecule has 1 aromatic carbocycles. The fourth-order valence-corrected chi connectivity index (χ4v) is 3.82. The highest BCUT2D eigenvalue weighted by Crippen LogP contribution is 2.26. The van der Waals surface area contributed by atoms with Gasteiger partial charge in [0.05, 0.1) is 24.7 Å². The second-order valence-corrected chi connectivity index (χ2v) is 7.84. The number of rotatable bonds is 6. The smallest absolute Gasteiger partial charge is 0.417 e. The lowest BCUT2D eigenvalue weighted by Crippen LogP contribution is -2.35. The first-order chi connectivity index (χ1) is 15.3. The third kappa shape index (κ3) is 3.95. The first-order valence-corrected chi connectivity index (χ1v) is 10.5. The van der Waals surface area contributed by atoms with Crippen LogP contribution >= 0.6 is 0 Å². The van der Waals surface area contributed by atoms with Crippen molar-refractivity contribution in [1.29, 1.82) is 0 Å². The number of carbonyl (C=O) groups is 1. The van der Waals surface area contributed by atoms with Crippen LogP contribution in [-0.2, 0) is 4.74 Å². The largest absolute Gasteiger partial charge is 0.496 e. The first-order valence-electron chi connectivity index (χ1n) is 10.5. The van der Waals surface area contributed by atoms with Crippen molar-refractivity contribution < 1.29 is 14.3 Å². The van der Waals surface area contributed by atoms with Crippen LogP contribution in [0.2, 0.25) is 0 Å². The normalized spacial score (nSPS) is 16.8. The highest BCUT2D eigenvalue weighted by atomic mass is 16.6. The van der Waals surface area contributed by atoms with E-state index in [1.54, 1.807) is 14.0 Å². The molecule has 2 aromatic heterocycles. The van der Waals surface area contributed by atoms with E-state index in [1.807, 2.05) is 39.0 Å². The van der Waals surface area contributed by atoms with Gasteiger partial charge in [-0.25, -0.2) is 9.69 Å². The van der Waals surface area contributed by atoms with E-state index in [9.17, 15) is 9.59 Å². The standard InChI is InChI=1S/C22H26N6O4/c1-6-15-10-32-22(30)28(15)21-25-13(4)24-20(27-21)23-12(3)16-8-14-7-11(2)18(31-5)9-17(14)26-19(16)29/h7-9,12,15H,6,10H2,1-5H3,(H,26,29)(H,23,24,25,27)/t12-,15-/m0/s1. The molecule has 32 heavy (non-hydrogen) atoms. The Balaban J connectivity index is 1.65. The average Bonchev–Trinajstić information content (AvgIpc) is 3.13. The van der Waals surface area contributed by atoms with Crippen LogP contribution in [0.1, 0.15) is 43.3 Å². The monoisotopic (exact) mass is 438 g/mol. The van der Waals surface area contributed by atoms with Crippen LogP contribution in [0.3, 0.4) is 0 Å². The second kappa shape index (κ2) is 8.45. The molecule has 1 amide bonds. The highest BCUT2D eigenvalue weighted by molar-refractivity contribution is 5.88. The van der Waals surface area contributed by atoms with E-state index in [0.29, 0.717) is 35.7 Å². The molecule has 1 aliphatic rings. The van der Waals surface area contributed by atoms with Crippen LogP contribution in [0.15, 0.2) is 23.0 Å². The van der Waals surface area contributed by atoms with E-state index in [2.05, 4.69) is 25.3 Å². The molecule has 0 radical (unpaired) electrons. The lowest BCUT2D eigenvalue weighted by atomic mass is 10.1. The van der Waals surface area contributed by atoms with E-state index < -0.39 is 12.1 Å². The van der Waals surface area contributed by atoms with E-state index in [1.165, 1.54) is 4.90 Å². The molecule has 1 fully saturated rings. The summed E-state index contributed by atoms with van der Waals surface area (Å²) in [5, 5.41) is 4.06. The van der Waals surface area contributed by atoms with Gasteiger partial charge in [-0.3, -0.25) is 4.79 Å². The Morgan fingerprint density at radius 1 is 1.25 bits per heavy atom. The van der Waals surface area contributed by atoms with Crippen molar-refractivity contribution >= 4 is 28.9 Å². The number of ether oxygens (including phenoxy) is 2. The third-order valence-electron chi connectivity index (χ3n) is 5.58. The van der Waals surface area contributed by atoms with Crippen LogP contribution in [-0.4, -0.2) is 45.8 Å². The summed E-state index contributed by atoms with van der Waals surface area (Å²) in [6, 6.07) is 5.11. The Morgan fingerprint density at radius 3 is 2.75 bits per heavy atom. The molecule has 168 valence electrons. The van der Waals surface area contributed by atoms with Gasteiger partial charge in [0.1, 0.15) is 18.2 Å². The van der Waals surface area contributed by atoms with Gasteiger partial charge >= 0.3 is 6.09 Å². The molecule has 0 unspecified atom stereocenters. The van der Waals surface area contributed by atoms with E-state index in [-0.39, 0.29) is 23.5 Å². The van der Waals surface area contributed by atoms with Gasteiger partial charge in [-0.15, -0.1) is 0 Å². The Morgan fingerprint density at radius 2 is 2.03 bits per heavy atom. The number of benzene rings is 1. The number of amides is 1. The number of methoxy groups -OCH3 is 1. The fourth-order valence-electron chi connectivity index (χ4n) is 3.82. The molecular formula is C22H26N6O4. The van der Waals surface area contributed by atoms with Gasteiger partial charge in [0.2, 0.25) is 11.9 Å². The van der Waals surface area contributed by atoms with Gasteiger partial charge in [-0.2, -0.15) is 15.0 Å². The summed E-state index contributed by atoms with van der Waals surface area (Å²) >= 11 is 0. The van der Waals surface area contributed by atoms with Gasteiger partial charge < -0.3 is 19.8 Å². The van der Waals surface area contributed by atoms with Crippen LogP contribution in [0.5, 0.6) is 5.75 Å². The Kier molecular flexibility index (Phi) is 5.68. The molecule has 2 atom stereocenters. The lowest BCUT2D eigenvalue weighted by molar-refractivity contribution is 0.178. The molecule has 10 heteroatoms. The number of aromatic amines is 1. The van der Waals surface area contributed by atoms with Crippen molar-refractivity contribution in [2.45, 2.75) is 46.2 Å². The number of cyclic esters (lactones) is 1. The predicted molar refractivity (Wildman–Crippen MR) is 120 cm³/mol. The molecule has 2 N–H and O–H groups in total. The second-order valence-electron chi connectivity index (χ2n) is 7.84. The van der Waals surface area contributed by atoms with E-state index >= 15 is 0 Å². The summed E-state index contributed by atoms with van der Waals surface area (Å²) in [5.74, 6) is 1.68. The summed E-state index contributed by atoms with van der Waals surface area (Å²) in [4.78, 5) is 42.4. The summed E-state index contributed by atoms with van der Waals surface area (Å²) in [5.41, 5.74) is 1.99. The summed E-state index contributed by atoms with van der Waals surface area (Å²) < 4.78 is 10.5. The molecule has 0 spiro atoms. The maximum Gasteiger partial charge on any atom is 0.417 e. The maximum absolute atomic E-state index is 12.8. The quantitative estimate of drug-likeness (QED) is 0.601. The molecule has 1 saturated heterocycles. The van der Waals surface area contributed by atoms with Crippen molar-refractivity contribution in [1.82, 2.24) is 19.9 Å². The zero-order chi connectivity index (χ0) is 23.0. The number of fused-ring (bicyclic) bond motifs is 1. The SMILES string of the molecule is CC[C@H]1COC(=O)N1c1nc(C)nc(N[C@@H](C)c2cc3cc(C)c(OC)cc3[nH]c2=O)n1. The lowest BCUT2D eigenvalue weighted by Gasteiger charge is -2.20. The van der Waals surface area contributed by atoms with Crippen molar-refractivity contribution in [3.8, 4) is 5.75 Å². The molecular weight excluding hydrogens is 412 g/mol. The van der Waals surface area contributed by atoms with Crippen molar-refractivity contribution in [2.24, 2.45) is 0 Å². The predicted octanol–water partition coefficient (Wildman–Crippen LogP) is 3.25. The van der Waals surface area contributed by atoms with Crippen LogP contribution in [0, 0.1) is 13.8 Å². The highest BCUT2D eigenvalue weighted by Gasteiger charge is 2.35. The van der Waals surface area contributed by atoms with Crippen molar-refractivity contribution in [3.05, 3.63) is 45.5 Å². The summed E-state index contributed by atoms with van der Waals surface area (Å²) in [6.07, 6.45) is 0.241. The number of nitrogens with zero attached hydrogens (tertiary/aromatic N) is 4. The number of aryl methyl sites for hydroxylation is 2. The third-order valence-corrected chi connectivity index (χ3v) is 5.58. The van der Waals surface area contributed by atoms with Crippen molar-refractivity contribution in [2.75, 3.05) is 23.9 Å². The molecule has 3 aromatic rings. The molecule has 0 saturated carbocycles. The van der Waals surface area contributed by atoms with E-state index in [0.717, 1.165) is 10.9 Å². The molecule has 4 rings (SSSR count). The molecule has 3 heterocycles. The minimum absolute atomic E-state index is 0.127. The first kappa shape index (κ1) is 21.5. The van der Waals surface area contributed by atoms with Gasteiger partial charge in [-0.05, 0) is 50.3 Å². The van der Waals surface area contributed by atoms with Crippen LogP contribution < -0.4 is 20.5 Å². The van der Waals surface area contributed by atoms with Gasteiger partial charge in [0, 0.05) is 11.6 Å². The fraction of sp³-hybridized carbons (Fsp3) is 0.409. The Hall–Kier alpha value is -3.69. The number of aromatic nitrogens is 4. The number of hydrogen-bond acceptors (Lipinski definition) is 8. The zero-order valence-corrected chi connectivity index (χ0v) is 18.7. The number of anilines is 2. The van der Waals surface area contributed by atoms with Crippen LogP contribution in [0.4, 0.5) is 16.7 Å². The minimum Gasteiger partial charge on any atom is -0.496 e. The van der Waals surface area contributed by atoms with Gasteiger partial charge in [-0.1, -0.05) is 6.92 Å². The topological polar surface area (TPSA) is 122 Å². The molecule has 1 aliphatic heterocycles. The number of carbonyl (C=O) groups excluding carboxylic acids is 1. The maximum atomic E-state index is 12.8. The van der Waals surface area contributed by atoms with Gasteiger partial charge in [0.25, 0.3) is 5.56 Å². The minimum atomic E-state index is -0.474. The number of pyridine rings is 1. The van der Waals surface area contributed by atoms with E-state index in [4.69, 9.17) is 9.47 Å². The van der Waals surface area contributed by atoms with Gasteiger partial charge in [0.15, 0.2) is 0 Å². The molecule has 0 aliphatic carbocycles.